The van der Waals surface area contributed by atoms with Crippen molar-refractivity contribution in [1.82, 2.24) is 5.32 Å². The lowest BCUT2D eigenvalue weighted by Crippen LogP contribution is -2.61. The normalized spacial score (nSPS) is 22.8. The van der Waals surface area contributed by atoms with E-state index in [1.165, 1.54) is 12.1 Å². The second kappa shape index (κ2) is 7.27. The predicted octanol–water partition coefficient (Wildman–Crippen LogP) is 2.88. The molecule has 2 aliphatic heterocycles. The molecule has 0 bridgehead atoms. The van der Waals surface area contributed by atoms with Gasteiger partial charge in [0.25, 0.3) is 5.69 Å². The molecule has 2 atom stereocenters. The number of anilines is 2. The molecule has 1 saturated carbocycles. The van der Waals surface area contributed by atoms with Crippen molar-refractivity contribution in [2.24, 2.45) is 5.92 Å². The minimum Gasteiger partial charge on any atom is -0.365 e. The van der Waals surface area contributed by atoms with Crippen LogP contribution in [0.3, 0.4) is 0 Å². The molecule has 1 aliphatic carbocycles. The van der Waals surface area contributed by atoms with Crippen LogP contribution < -0.4 is 15.1 Å². The van der Waals surface area contributed by atoms with Gasteiger partial charge in [-0.2, -0.15) is 0 Å². The Hall–Kier alpha value is -3.16. The molecule has 7 nitrogen and oxygen atoms in total. The van der Waals surface area contributed by atoms with Crippen LogP contribution in [0.1, 0.15) is 18.4 Å². The zero-order chi connectivity index (χ0) is 20.8. The van der Waals surface area contributed by atoms with Crippen LogP contribution in [0.5, 0.6) is 0 Å². The summed E-state index contributed by atoms with van der Waals surface area (Å²) in [7, 11) is 0. The molecular formula is C22H23FN4O3. The SMILES string of the molecule is O=C(NC1CC1)C1Cc2cc([N+](=O)[O-])ccc2N2CCN(c3ccccc3F)CC12. The average Bonchev–Trinajstić information content (AvgIpc) is 3.56. The number of piperazine rings is 1. The highest BCUT2D eigenvalue weighted by molar-refractivity contribution is 5.83. The summed E-state index contributed by atoms with van der Waals surface area (Å²) in [5, 5.41) is 14.3. The topological polar surface area (TPSA) is 78.7 Å². The van der Waals surface area contributed by atoms with Crippen LogP contribution in [-0.2, 0) is 11.2 Å². The lowest BCUT2D eigenvalue weighted by molar-refractivity contribution is -0.384. The molecule has 0 spiro atoms. The lowest BCUT2D eigenvalue weighted by Gasteiger charge is -2.49. The van der Waals surface area contributed by atoms with E-state index >= 15 is 0 Å². The number of rotatable bonds is 4. The molecule has 30 heavy (non-hydrogen) atoms. The van der Waals surface area contributed by atoms with Gasteiger partial charge in [-0.1, -0.05) is 12.1 Å². The number of nitrogens with zero attached hydrogens (tertiary/aromatic N) is 3. The highest BCUT2D eigenvalue weighted by atomic mass is 19.1. The number of benzene rings is 2. The fourth-order valence-corrected chi connectivity index (χ4v) is 4.69. The van der Waals surface area contributed by atoms with E-state index in [4.69, 9.17) is 0 Å². The van der Waals surface area contributed by atoms with Crippen molar-refractivity contribution in [2.75, 3.05) is 29.4 Å². The molecule has 1 amide bonds. The maximum Gasteiger partial charge on any atom is 0.269 e. The Morgan fingerprint density at radius 1 is 1.13 bits per heavy atom. The first-order valence-corrected chi connectivity index (χ1v) is 10.3. The van der Waals surface area contributed by atoms with Gasteiger partial charge in [-0.3, -0.25) is 14.9 Å². The number of carbonyl (C=O) groups excluding carboxylic acids is 1. The Morgan fingerprint density at radius 3 is 2.67 bits per heavy atom. The summed E-state index contributed by atoms with van der Waals surface area (Å²) in [5.74, 6) is -0.619. The largest absolute Gasteiger partial charge is 0.365 e. The summed E-state index contributed by atoms with van der Waals surface area (Å²) in [4.78, 5) is 28.1. The Balaban J connectivity index is 1.49. The van der Waals surface area contributed by atoms with Gasteiger partial charge in [-0.15, -0.1) is 0 Å². The first-order valence-electron chi connectivity index (χ1n) is 10.3. The number of nitro benzene ring substituents is 1. The number of para-hydroxylation sites is 1. The molecule has 1 N–H and O–H groups in total. The quantitative estimate of drug-likeness (QED) is 0.619. The number of nitro groups is 1. The molecule has 1 saturated heterocycles. The zero-order valence-electron chi connectivity index (χ0n) is 16.5. The van der Waals surface area contributed by atoms with Gasteiger partial charge in [0.2, 0.25) is 5.91 Å². The molecule has 2 aromatic rings. The molecular weight excluding hydrogens is 387 g/mol. The summed E-state index contributed by atoms with van der Waals surface area (Å²) < 4.78 is 14.4. The molecule has 2 aromatic carbocycles. The summed E-state index contributed by atoms with van der Waals surface area (Å²) >= 11 is 0. The zero-order valence-corrected chi connectivity index (χ0v) is 16.5. The van der Waals surface area contributed by atoms with Gasteiger partial charge < -0.3 is 15.1 Å². The molecule has 8 heteroatoms. The number of hydrogen-bond donors (Lipinski definition) is 1. The van der Waals surface area contributed by atoms with Crippen molar-refractivity contribution in [2.45, 2.75) is 31.3 Å². The second-order valence-corrected chi connectivity index (χ2v) is 8.32. The second-order valence-electron chi connectivity index (χ2n) is 8.32. The Labute approximate surface area is 173 Å². The molecule has 3 aliphatic rings. The fourth-order valence-electron chi connectivity index (χ4n) is 4.69. The molecule has 2 fully saturated rings. The standard InChI is InChI=1S/C22H23FN4O3/c23-18-3-1-2-4-20(18)25-9-10-26-19-8-7-16(27(29)30)11-14(19)12-17(21(26)13-25)22(28)24-15-5-6-15/h1-4,7-8,11,15,17,21H,5-6,9-10,12-13H2,(H,24,28). The van der Waals surface area contributed by atoms with Gasteiger partial charge in [0.15, 0.2) is 0 Å². The van der Waals surface area contributed by atoms with Crippen molar-refractivity contribution in [3.8, 4) is 0 Å². The van der Waals surface area contributed by atoms with Crippen LogP contribution >= 0.6 is 0 Å². The van der Waals surface area contributed by atoms with E-state index in [-0.39, 0.29) is 35.4 Å². The molecule has 156 valence electrons. The van der Waals surface area contributed by atoms with Crippen molar-refractivity contribution < 1.29 is 14.1 Å². The molecule has 2 heterocycles. The van der Waals surface area contributed by atoms with E-state index in [0.29, 0.717) is 31.7 Å². The molecule has 0 radical (unpaired) electrons. The predicted molar refractivity (Wildman–Crippen MR) is 111 cm³/mol. The Morgan fingerprint density at radius 2 is 1.93 bits per heavy atom. The summed E-state index contributed by atoms with van der Waals surface area (Å²) in [5.41, 5.74) is 2.36. The maximum atomic E-state index is 14.4. The third-order valence-electron chi connectivity index (χ3n) is 6.36. The Bertz CT molecular complexity index is 1010. The summed E-state index contributed by atoms with van der Waals surface area (Å²) in [6, 6.07) is 11.7. The monoisotopic (exact) mass is 410 g/mol. The minimum atomic E-state index is -0.401. The number of carbonyl (C=O) groups is 1. The molecule has 5 rings (SSSR count). The number of halogens is 1. The number of hydrogen-bond acceptors (Lipinski definition) is 5. The lowest BCUT2D eigenvalue weighted by atomic mass is 9.83. The summed E-state index contributed by atoms with van der Waals surface area (Å²) in [6.45, 7) is 1.77. The van der Waals surface area contributed by atoms with Crippen LogP contribution in [0.15, 0.2) is 42.5 Å². The number of amides is 1. The number of nitrogens with one attached hydrogen (secondary N) is 1. The van der Waals surface area contributed by atoms with Gasteiger partial charge in [-0.05, 0) is 43.0 Å². The van der Waals surface area contributed by atoms with E-state index in [9.17, 15) is 19.3 Å². The van der Waals surface area contributed by atoms with E-state index in [2.05, 4.69) is 10.2 Å². The van der Waals surface area contributed by atoms with E-state index in [1.807, 2.05) is 11.0 Å². The first-order chi connectivity index (χ1) is 14.5. The third kappa shape index (κ3) is 3.36. The smallest absolute Gasteiger partial charge is 0.269 e. The van der Waals surface area contributed by atoms with Crippen molar-refractivity contribution >= 4 is 23.0 Å². The third-order valence-corrected chi connectivity index (χ3v) is 6.36. The maximum absolute atomic E-state index is 14.4. The fraction of sp³-hybridized carbons (Fsp3) is 0.409. The van der Waals surface area contributed by atoms with Gasteiger partial charge in [-0.25, -0.2) is 4.39 Å². The van der Waals surface area contributed by atoms with E-state index < -0.39 is 4.92 Å². The molecule has 0 aromatic heterocycles. The summed E-state index contributed by atoms with van der Waals surface area (Å²) in [6.07, 6.45) is 2.44. The van der Waals surface area contributed by atoms with Crippen LogP contribution in [-0.4, -0.2) is 42.5 Å². The van der Waals surface area contributed by atoms with Crippen molar-refractivity contribution in [3.05, 3.63) is 64.0 Å². The van der Waals surface area contributed by atoms with Gasteiger partial charge >= 0.3 is 0 Å². The number of fused-ring (bicyclic) bond motifs is 3. The van der Waals surface area contributed by atoms with Crippen LogP contribution in [0, 0.1) is 21.8 Å². The highest BCUT2D eigenvalue weighted by Gasteiger charge is 2.43. The molecule has 2 unspecified atom stereocenters. The number of non-ortho nitro benzene ring substituents is 1. The Kier molecular flexibility index (Phi) is 4.56. The average molecular weight is 410 g/mol. The highest BCUT2D eigenvalue weighted by Crippen LogP contribution is 2.39. The van der Waals surface area contributed by atoms with Gasteiger partial charge in [0.05, 0.1) is 22.6 Å². The van der Waals surface area contributed by atoms with Gasteiger partial charge in [0.1, 0.15) is 5.82 Å². The van der Waals surface area contributed by atoms with Crippen LogP contribution in [0.4, 0.5) is 21.5 Å². The van der Waals surface area contributed by atoms with E-state index in [0.717, 1.165) is 24.1 Å². The van der Waals surface area contributed by atoms with Crippen molar-refractivity contribution in [3.63, 3.8) is 0 Å². The van der Waals surface area contributed by atoms with Crippen LogP contribution in [0.2, 0.25) is 0 Å². The first kappa shape index (κ1) is 18.8. The van der Waals surface area contributed by atoms with Gasteiger partial charge in [0, 0.05) is 43.5 Å². The van der Waals surface area contributed by atoms with E-state index in [1.54, 1.807) is 24.3 Å². The van der Waals surface area contributed by atoms with Crippen LogP contribution in [0.25, 0.3) is 0 Å². The minimum absolute atomic E-state index is 0.0139. The van der Waals surface area contributed by atoms with Crippen molar-refractivity contribution in [1.29, 1.82) is 0 Å².